The van der Waals surface area contributed by atoms with Crippen molar-refractivity contribution in [3.8, 4) is 0 Å². The third-order valence-electron chi connectivity index (χ3n) is 5.55. The Morgan fingerprint density at radius 3 is 3.26 bits per heavy atom. The van der Waals surface area contributed by atoms with Gasteiger partial charge in [-0.3, -0.25) is 4.90 Å². The minimum Gasteiger partial charge on any atom is -0.365 e. The van der Waals surface area contributed by atoms with Crippen molar-refractivity contribution in [2.24, 2.45) is 17.8 Å². The molecular formula is C17H24N2. The van der Waals surface area contributed by atoms with Gasteiger partial charge in [0, 0.05) is 23.9 Å². The van der Waals surface area contributed by atoms with Crippen molar-refractivity contribution in [2.75, 3.05) is 13.1 Å². The van der Waals surface area contributed by atoms with Crippen molar-refractivity contribution in [3.05, 3.63) is 35.7 Å². The van der Waals surface area contributed by atoms with Gasteiger partial charge in [-0.15, -0.1) is 0 Å². The second-order valence-electron chi connectivity index (χ2n) is 6.54. The molecule has 4 aliphatic rings. The van der Waals surface area contributed by atoms with Crippen molar-refractivity contribution in [2.45, 2.75) is 38.6 Å². The average Bonchev–Trinajstić information content (AvgIpc) is 2.85. The number of likely N-dealkylation sites (tertiary alicyclic amines) is 1. The van der Waals surface area contributed by atoms with E-state index in [1.165, 1.54) is 44.5 Å². The van der Waals surface area contributed by atoms with Gasteiger partial charge < -0.3 is 5.32 Å². The molecule has 19 heavy (non-hydrogen) atoms. The van der Waals surface area contributed by atoms with Crippen molar-refractivity contribution in [3.63, 3.8) is 0 Å². The molecule has 2 nitrogen and oxygen atoms in total. The van der Waals surface area contributed by atoms with Gasteiger partial charge in [0.25, 0.3) is 0 Å². The molecule has 0 amide bonds. The first-order valence-electron chi connectivity index (χ1n) is 7.96. The standard InChI is InChI=1S/C17H24N2/c1-2-8-19-9-4-6-13-14-5-3-7-15-17(14)12(11-18-15)10-16(13)19/h3,5,7,11,13-14,16-18H,2,4,6,8-10H2,1H3/t13?,14?,16-,17?/m1/s1. The van der Waals surface area contributed by atoms with Crippen LogP contribution in [-0.4, -0.2) is 24.0 Å². The van der Waals surface area contributed by atoms with Gasteiger partial charge in [0.1, 0.15) is 0 Å². The van der Waals surface area contributed by atoms with Crippen LogP contribution in [-0.2, 0) is 0 Å². The van der Waals surface area contributed by atoms with Crippen molar-refractivity contribution >= 4 is 0 Å². The number of fused-ring (bicyclic) bond motifs is 2. The van der Waals surface area contributed by atoms with Gasteiger partial charge in [-0.2, -0.15) is 0 Å². The van der Waals surface area contributed by atoms with Gasteiger partial charge in [-0.1, -0.05) is 19.1 Å². The Kier molecular flexibility index (Phi) is 2.80. The summed E-state index contributed by atoms with van der Waals surface area (Å²) in [5.74, 6) is 2.31. The van der Waals surface area contributed by atoms with E-state index in [0.717, 1.165) is 17.9 Å². The lowest BCUT2D eigenvalue weighted by molar-refractivity contribution is 0.0437. The lowest BCUT2D eigenvalue weighted by Crippen LogP contribution is -2.52. The number of nitrogens with one attached hydrogen (secondary N) is 1. The van der Waals surface area contributed by atoms with E-state index in [0.29, 0.717) is 5.92 Å². The molecule has 0 radical (unpaired) electrons. The van der Waals surface area contributed by atoms with E-state index >= 15 is 0 Å². The largest absolute Gasteiger partial charge is 0.365 e. The normalized spacial score (nSPS) is 40.1. The van der Waals surface area contributed by atoms with Crippen LogP contribution in [0, 0.1) is 17.8 Å². The topological polar surface area (TPSA) is 15.3 Å². The number of piperidine rings is 1. The van der Waals surface area contributed by atoms with Crippen LogP contribution >= 0.6 is 0 Å². The summed E-state index contributed by atoms with van der Waals surface area (Å²) in [5, 5.41) is 3.52. The SMILES string of the molecule is CCCN1CCCC2C3C=CC=C4NC=C(C[C@H]21)C43. The monoisotopic (exact) mass is 256 g/mol. The molecule has 102 valence electrons. The Hall–Kier alpha value is -1.02. The smallest absolute Gasteiger partial charge is 0.0283 e. The molecule has 0 spiro atoms. The lowest BCUT2D eigenvalue weighted by atomic mass is 9.63. The fourth-order valence-corrected chi connectivity index (χ4v) is 4.83. The van der Waals surface area contributed by atoms with E-state index in [1.807, 2.05) is 0 Å². The first-order chi connectivity index (χ1) is 9.38. The van der Waals surface area contributed by atoms with Crippen LogP contribution in [0.4, 0.5) is 0 Å². The summed E-state index contributed by atoms with van der Waals surface area (Å²) in [6.45, 7) is 4.91. The molecule has 3 unspecified atom stereocenters. The zero-order chi connectivity index (χ0) is 12.8. The maximum atomic E-state index is 3.52. The Morgan fingerprint density at radius 1 is 1.42 bits per heavy atom. The highest BCUT2D eigenvalue weighted by molar-refractivity contribution is 5.39. The van der Waals surface area contributed by atoms with Crippen molar-refractivity contribution in [1.29, 1.82) is 0 Å². The van der Waals surface area contributed by atoms with Gasteiger partial charge in [-0.25, -0.2) is 0 Å². The van der Waals surface area contributed by atoms with Crippen LogP contribution in [0.2, 0.25) is 0 Å². The van der Waals surface area contributed by atoms with Crippen LogP contribution in [0.25, 0.3) is 0 Å². The molecule has 2 heteroatoms. The maximum absolute atomic E-state index is 3.52. The molecule has 1 saturated heterocycles. The summed E-state index contributed by atoms with van der Waals surface area (Å²) in [7, 11) is 0. The van der Waals surface area contributed by atoms with Crippen molar-refractivity contribution in [1.82, 2.24) is 10.2 Å². The van der Waals surface area contributed by atoms with E-state index in [4.69, 9.17) is 0 Å². The number of nitrogens with zero attached hydrogens (tertiary/aromatic N) is 1. The third kappa shape index (κ3) is 1.73. The summed E-state index contributed by atoms with van der Waals surface area (Å²) in [6.07, 6.45) is 14.7. The van der Waals surface area contributed by atoms with Crippen LogP contribution in [0.5, 0.6) is 0 Å². The summed E-state index contributed by atoms with van der Waals surface area (Å²) in [5.41, 5.74) is 3.11. The molecule has 4 rings (SSSR count). The second-order valence-corrected chi connectivity index (χ2v) is 6.54. The quantitative estimate of drug-likeness (QED) is 0.817. The molecule has 2 aliphatic heterocycles. The molecule has 4 atom stereocenters. The molecule has 2 fully saturated rings. The highest BCUT2D eigenvalue weighted by Gasteiger charge is 2.47. The fraction of sp³-hybridized carbons (Fsp3) is 0.647. The van der Waals surface area contributed by atoms with Gasteiger partial charge in [0.2, 0.25) is 0 Å². The second kappa shape index (κ2) is 4.52. The molecule has 1 N–H and O–H groups in total. The fourth-order valence-electron chi connectivity index (χ4n) is 4.83. The Balaban J connectivity index is 1.66. The predicted octanol–water partition coefficient (Wildman–Crippen LogP) is 3.05. The van der Waals surface area contributed by atoms with Gasteiger partial charge in [0.05, 0.1) is 0 Å². The first kappa shape index (κ1) is 11.8. The molecular weight excluding hydrogens is 232 g/mol. The molecule has 0 bridgehead atoms. The third-order valence-corrected chi connectivity index (χ3v) is 5.55. The maximum Gasteiger partial charge on any atom is 0.0283 e. The number of hydrogen-bond donors (Lipinski definition) is 1. The van der Waals surface area contributed by atoms with E-state index in [9.17, 15) is 0 Å². The molecule has 2 aliphatic carbocycles. The molecule has 0 aromatic heterocycles. The Morgan fingerprint density at radius 2 is 2.37 bits per heavy atom. The number of allylic oxidation sites excluding steroid dienone is 4. The number of hydrogen-bond acceptors (Lipinski definition) is 2. The predicted molar refractivity (Wildman–Crippen MR) is 78.4 cm³/mol. The molecule has 0 aromatic carbocycles. The Labute approximate surface area is 116 Å². The zero-order valence-electron chi connectivity index (χ0n) is 11.8. The first-order valence-corrected chi connectivity index (χ1v) is 7.96. The van der Waals surface area contributed by atoms with E-state index in [2.05, 4.69) is 41.6 Å². The summed E-state index contributed by atoms with van der Waals surface area (Å²) in [6, 6.07) is 0.796. The van der Waals surface area contributed by atoms with Crippen LogP contribution < -0.4 is 5.32 Å². The Bertz CT molecular complexity index is 458. The van der Waals surface area contributed by atoms with Crippen molar-refractivity contribution < 1.29 is 0 Å². The minimum absolute atomic E-state index is 0.688. The summed E-state index contributed by atoms with van der Waals surface area (Å²) < 4.78 is 0. The van der Waals surface area contributed by atoms with Gasteiger partial charge >= 0.3 is 0 Å². The molecule has 0 aromatic rings. The van der Waals surface area contributed by atoms with Crippen LogP contribution in [0.15, 0.2) is 35.7 Å². The van der Waals surface area contributed by atoms with Crippen LogP contribution in [0.1, 0.15) is 32.6 Å². The summed E-state index contributed by atoms with van der Waals surface area (Å²) in [4.78, 5) is 2.77. The summed E-state index contributed by atoms with van der Waals surface area (Å²) >= 11 is 0. The molecule has 2 heterocycles. The zero-order valence-corrected chi connectivity index (χ0v) is 11.8. The lowest BCUT2D eigenvalue weighted by Gasteiger charge is -2.50. The highest BCUT2D eigenvalue weighted by atomic mass is 15.2. The van der Waals surface area contributed by atoms with Gasteiger partial charge in [-0.05, 0) is 62.3 Å². The van der Waals surface area contributed by atoms with Crippen LogP contribution in [0.3, 0.4) is 0 Å². The van der Waals surface area contributed by atoms with E-state index < -0.39 is 0 Å². The van der Waals surface area contributed by atoms with E-state index in [1.54, 1.807) is 5.57 Å². The van der Waals surface area contributed by atoms with Gasteiger partial charge in [0.15, 0.2) is 0 Å². The highest BCUT2D eigenvalue weighted by Crippen LogP contribution is 2.50. The van der Waals surface area contributed by atoms with E-state index in [-0.39, 0.29) is 0 Å². The molecule has 1 saturated carbocycles. The minimum atomic E-state index is 0.688. The number of rotatable bonds is 2. The average molecular weight is 256 g/mol.